The highest BCUT2D eigenvalue weighted by Crippen LogP contribution is 2.33. The van der Waals surface area contributed by atoms with Crippen LogP contribution in [0.2, 0.25) is 0 Å². The van der Waals surface area contributed by atoms with Crippen LogP contribution in [0.15, 0.2) is 36.5 Å². The van der Waals surface area contributed by atoms with Crippen LogP contribution in [0.5, 0.6) is 0 Å². The Balaban J connectivity index is 1.43. The molecule has 0 saturated carbocycles. The first-order valence-corrected chi connectivity index (χ1v) is 28.7. The molecule has 0 bridgehead atoms. The number of unbranched alkanes of at least 4 members (excludes halogenated alkanes) is 21. The summed E-state index contributed by atoms with van der Waals surface area (Å²) in [7, 11) is 0. The molecule has 19 nitrogen and oxygen atoms in total. The van der Waals surface area contributed by atoms with Crippen molar-refractivity contribution in [2.75, 3.05) is 26.4 Å². The van der Waals surface area contributed by atoms with E-state index in [2.05, 4.69) is 43.5 Å². The predicted octanol–water partition coefficient (Wildman–Crippen LogP) is 4.15. The molecule has 3 aliphatic rings. The molecule has 12 N–H and O–H groups in total. The van der Waals surface area contributed by atoms with Gasteiger partial charge < -0.3 is 89.9 Å². The molecular weight excluding hydrogens is 975 g/mol. The summed E-state index contributed by atoms with van der Waals surface area (Å²) in [5, 5.41) is 119. The Morgan fingerprint density at radius 3 is 1.39 bits per heavy atom. The Bertz CT molecular complexity index is 1520. The first-order valence-electron chi connectivity index (χ1n) is 28.7. The molecule has 438 valence electrons. The molecule has 0 aliphatic carbocycles. The maximum atomic E-state index is 13.2. The van der Waals surface area contributed by atoms with Crippen LogP contribution in [0, 0.1) is 0 Å². The van der Waals surface area contributed by atoms with Crippen molar-refractivity contribution in [2.24, 2.45) is 0 Å². The Hall–Kier alpha value is -1.99. The minimum Gasteiger partial charge on any atom is -0.394 e. The van der Waals surface area contributed by atoms with E-state index in [4.69, 9.17) is 28.4 Å². The lowest BCUT2D eigenvalue weighted by molar-refractivity contribution is -0.379. The van der Waals surface area contributed by atoms with Gasteiger partial charge >= 0.3 is 0 Å². The zero-order chi connectivity index (χ0) is 54.8. The van der Waals surface area contributed by atoms with Gasteiger partial charge in [-0.1, -0.05) is 159 Å². The van der Waals surface area contributed by atoms with E-state index in [-0.39, 0.29) is 18.9 Å². The molecule has 75 heavy (non-hydrogen) atoms. The molecule has 0 aromatic rings. The van der Waals surface area contributed by atoms with Gasteiger partial charge in [-0.15, -0.1) is 0 Å². The largest absolute Gasteiger partial charge is 0.394 e. The molecule has 17 unspecified atom stereocenters. The van der Waals surface area contributed by atoms with Crippen molar-refractivity contribution < 1.29 is 89.4 Å². The standard InChI is InChI=1S/C56H101NO18/c1-3-5-7-9-11-12-13-14-15-16-17-18-19-20-21-22-23-24-25-26-28-30-32-34-44(62)57-39(40(61)33-31-29-27-10-8-6-4-2)38-70-54-50(68)47(65)52(42(36-59)72-54)75-56-51(69)48(66)53(43(37-60)73-56)74-55-49(67)46(64)45(63)41(35-58)71-55/h8,10,16-17,31,33,39-43,45-56,58-61,63-69H,3-7,9,11-15,18-30,32,34-38H2,1-2H3,(H,57,62)/b10-8+,17-16-,33-31+. The Labute approximate surface area is 447 Å². The number of rotatable bonds is 41. The molecule has 3 fully saturated rings. The fourth-order valence-electron chi connectivity index (χ4n) is 9.62. The third-order valence-corrected chi connectivity index (χ3v) is 14.4. The van der Waals surface area contributed by atoms with E-state index in [1.54, 1.807) is 12.2 Å². The summed E-state index contributed by atoms with van der Waals surface area (Å²) in [4.78, 5) is 13.2. The fourth-order valence-corrected chi connectivity index (χ4v) is 9.62. The summed E-state index contributed by atoms with van der Waals surface area (Å²) in [6.45, 7) is 1.56. The number of aliphatic hydroxyl groups is 11. The zero-order valence-electron chi connectivity index (χ0n) is 45.3. The number of carbonyl (C=O) groups excluding carboxylic acids is 1. The van der Waals surface area contributed by atoms with Crippen LogP contribution in [0.3, 0.4) is 0 Å². The SMILES string of the molecule is CCC/C=C/CC/C=C/C(O)C(COC1OC(CO)C(OC2OC(CO)C(OC3OC(CO)C(O)C(O)C3O)C(O)C2O)C(O)C1O)NC(=O)CCCCCCCCCCCCC/C=C\CCCCCCCCCC. The van der Waals surface area contributed by atoms with Gasteiger partial charge in [-0.05, 0) is 51.4 Å². The second-order valence-corrected chi connectivity index (χ2v) is 20.7. The van der Waals surface area contributed by atoms with E-state index in [0.29, 0.717) is 12.8 Å². The van der Waals surface area contributed by atoms with Gasteiger partial charge in [-0.2, -0.15) is 0 Å². The highest BCUT2D eigenvalue weighted by Gasteiger charge is 2.53. The molecule has 3 saturated heterocycles. The van der Waals surface area contributed by atoms with E-state index in [1.807, 2.05) is 0 Å². The summed E-state index contributed by atoms with van der Waals surface area (Å²) in [6, 6.07) is -0.985. The topological polar surface area (TPSA) is 307 Å². The molecule has 1 amide bonds. The van der Waals surface area contributed by atoms with E-state index in [0.717, 1.165) is 38.5 Å². The Morgan fingerprint density at radius 1 is 0.467 bits per heavy atom. The molecule has 3 heterocycles. The zero-order valence-corrected chi connectivity index (χ0v) is 45.3. The fraction of sp³-hybridized carbons (Fsp3) is 0.875. The van der Waals surface area contributed by atoms with Gasteiger partial charge in [0, 0.05) is 6.42 Å². The third-order valence-electron chi connectivity index (χ3n) is 14.4. The van der Waals surface area contributed by atoms with Crippen LogP contribution in [0.25, 0.3) is 0 Å². The maximum absolute atomic E-state index is 13.2. The lowest BCUT2D eigenvalue weighted by Crippen LogP contribution is -2.66. The van der Waals surface area contributed by atoms with Crippen molar-refractivity contribution >= 4 is 5.91 Å². The summed E-state index contributed by atoms with van der Waals surface area (Å²) < 4.78 is 34.1. The first-order chi connectivity index (χ1) is 36.3. The molecule has 0 radical (unpaired) electrons. The number of aliphatic hydroxyl groups excluding tert-OH is 11. The Morgan fingerprint density at radius 2 is 0.880 bits per heavy atom. The molecule has 3 rings (SSSR count). The number of ether oxygens (including phenoxy) is 6. The van der Waals surface area contributed by atoms with Crippen LogP contribution in [-0.4, -0.2) is 193 Å². The number of carbonyl (C=O) groups is 1. The summed E-state index contributed by atoms with van der Waals surface area (Å²) >= 11 is 0. The van der Waals surface area contributed by atoms with Gasteiger partial charge in [0.25, 0.3) is 0 Å². The van der Waals surface area contributed by atoms with Gasteiger partial charge in [0.1, 0.15) is 73.2 Å². The van der Waals surface area contributed by atoms with Crippen LogP contribution in [0.1, 0.15) is 181 Å². The highest BCUT2D eigenvalue weighted by molar-refractivity contribution is 5.76. The second kappa shape index (κ2) is 40.2. The minimum atomic E-state index is -1.98. The smallest absolute Gasteiger partial charge is 0.220 e. The van der Waals surface area contributed by atoms with E-state index in [1.165, 1.54) is 109 Å². The molecule has 0 aromatic carbocycles. The van der Waals surface area contributed by atoms with Crippen molar-refractivity contribution in [1.82, 2.24) is 5.32 Å². The third kappa shape index (κ3) is 24.9. The monoisotopic (exact) mass is 1080 g/mol. The lowest BCUT2D eigenvalue weighted by Gasteiger charge is -2.48. The van der Waals surface area contributed by atoms with Crippen molar-refractivity contribution in [3.05, 3.63) is 36.5 Å². The molecule has 0 spiro atoms. The summed E-state index contributed by atoms with van der Waals surface area (Å²) in [5.41, 5.74) is 0. The van der Waals surface area contributed by atoms with Crippen LogP contribution in [-0.2, 0) is 33.2 Å². The van der Waals surface area contributed by atoms with Gasteiger partial charge in [0.05, 0.1) is 38.6 Å². The van der Waals surface area contributed by atoms with Gasteiger partial charge in [-0.25, -0.2) is 0 Å². The van der Waals surface area contributed by atoms with Gasteiger partial charge in [0.2, 0.25) is 5.91 Å². The average Bonchev–Trinajstić information content (AvgIpc) is 3.41. The number of hydrogen-bond donors (Lipinski definition) is 12. The normalized spacial score (nSPS) is 31.5. The van der Waals surface area contributed by atoms with Gasteiger partial charge in [-0.3, -0.25) is 4.79 Å². The Kier molecular flexibility index (Phi) is 36.1. The molecule has 17 atom stereocenters. The highest BCUT2D eigenvalue weighted by atomic mass is 16.8. The van der Waals surface area contributed by atoms with Crippen molar-refractivity contribution in [2.45, 2.75) is 285 Å². The molecule has 19 heteroatoms. The van der Waals surface area contributed by atoms with Crippen LogP contribution in [0.4, 0.5) is 0 Å². The number of nitrogens with one attached hydrogen (secondary N) is 1. The summed E-state index contributed by atoms with van der Waals surface area (Å²) in [6.07, 6.45) is 14.8. The van der Waals surface area contributed by atoms with Crippen LogP contribution >= 0.6 is 0 Å². The predicted molar refractivity (Wildman–Crippen MR) is 282 cm³/mol. The number of allylic oxidation sites excluding steroid dienone is 5. The number of hydrogen-bond acceptors (Lipinski definition) is 18. The van der Waals surface area contributed by atoms with Crippen molar-refractivity contribution in [3.63, 3.8) is 0 Å². The maximum Gasteiger partial charge on any atom is 0.220 e. The van der Waals surface area contributed by atoms with E-state index in [9.17, 15) is 61.0 Å². The van der Waals surface area contributed by atoms with Gasteiger partial charge in [0.15, 0.2) is 18.9 Å². The number of amides is 1. The van der Waals surface area contributed by atoms with Crippen molar-refractivity contribution in [1.29, 1.82) is 0 Å². The van der Waals surface area contributed by atoms with E-state index < -0.39 is 124 Å². The first kappa shape index (κ1) is 67.3. The lowest BCUT2D eigenvalue weighted by atomic mass is 9.96. The quantitative estimate of drug-likeness (QED) is 0.0302. The summed E-state index contributed by atoms with van der Waals surface area (Å²) in [5.74, 6) is -0.292. The molecule has 3 aliphatic heterocycles. The molecular formula is C56H101NO18. The van der Waals surface area contributed by atoms with Crippen molar-refractivity contribution in [3.8, 4) is 0 Å². The molecule has 0 aromatic heterocycles. The second-order valence-electron chi connectivity index (χ2n) is 20.7. The minimum absolute atomic E-state index is 0.234. The van der Waals surface area contributed by atoms with E-state index >= 15 is 0 Å². The average molecular weight is 1080 g/mol. The van der Waals surface area contributed by atoms with Crippen LogP contribution < -0.4 is 5.32 Å².